The molecule has 0 spiro atoms. The Morgan fingerprint density at radius 2 is 1.89 bits per heavy atom. The lowest BCUT2D eigenvalue weighted by Gasteiger charge is -2.12. The summed E-state index contributed by atoms with van der Waals surface area (Å²) in [7, 11) is 4.00. The molecule has 0 radical (unpaired) electrons. The van der Waals surface area contributed by atoms with Crippen molar-refractivity contribution in [3.05, 3.63) is 47.7 Å². The Bertz CT molecular complexity index is 576. The Kier molecular flexibility index (Phi) is 4.05. The van der Waals surface area contributed by atoms with Crippen molar-refractivity contribution in [1.82, 2.24) is 0 Å². The first-order valence-electron chi connectivity index (χ1n) is 6.69. The molecule has 0 fully saturated rings. The molecule has 0 bridgehead atoms. The van der Waals surface area contributed by atoms with Gasteiger partial charge in [0.2, 0.25) is 0 Å². The van der Waals surface area contributed by atoms with E-state index in [9.17, 15) is 0 Å². The van der Waals surface area contributed by atoms with Gasteiger partial charge in [0.25, 0.3) is 5.82 Å². The van der Waals surface area contributed by atoms with Crippen LogP contribution in [0, 0.1) is 6.92 Å². The van der Waals surface area contributed by atoms with E-state index in [0.717, 1.165) is 17.9 Å². The number of nitrogens with one attached hydrogen (secondary N) is 2. The molecule has 3 heteroatoms. The minimum Gasteiger partial charge on any atom is -0.355 e. The van der Waals surface area contributed by atoms with Crippen molar-refractivity contribution in [3.63, 3.8) is 0 Å². The van der Waals surface area contributed by atoms with Crippen molar-refractivity contribution in [2.45, 2.75) is 20.3 Å². The predicted molar refractivity (Wildman–Crippen MR) is 81.0 cm³/mol. The molecular formula is C16H22N3+. The fraction of sp³-hybridized carbons (Fsp3) is 0.312. The summed E-state index contributed by atoms with van der Waals surface area (Å²) in [5.74, 6) is 1.09. The molecule has 0 atom stereocenters. The minimum absolute atomic E-state index is 1.03. The third kappa shape index (κ3) is 2.87. The van der Waals surface area contributed by atoms with Crippen LogP contribution in [0.1, 0.15) is 18.2 Å². The summed E-state index contributed by atoms with van der Waals surface area (Å²) in [6.45, 7) is 4.29. The summed E-state index contributed by atoms with van der Waals surface area (Å²) < 4.78 is 2.14. The summed E-state index contributed by atoms with van der Waals surface area (Å²) in [6, 6.07) is 12.7. The highest BCUT2D eigenvalue weighted by Crippen LogP contribution is 2.22. The van der Waals surface area contributed by atoms with E-state index < -0.39 is 0 Å². The van der Waals surface area contributed by atoms with Crippen molar-refractivity contribution in [3.8, 4) is 0 Å². The number of rotatable bonds is 4. The average molecular weight is 256 g/mol. The maximum Gasteiger partial charge on any atom is 0.276 e. The lowest BCUT2D eigenvalue weighted by atomic mass is 10.1. The number of aromatic nitrogens is 1. The normalized spacial score (nSPS) is 10.3. The zero-order valence-corrected chi connectivity index (χ0v) is 12.1. The van der Waals surface area contributed by atoms with E-state index >= 15 is 0 Å². The zero-order valence-electron chi connectivity index (χ0n) is 12.1. The van der Waals surface area contributed by atoms with E-state index in [1.807, 2.05) is 7.05 Å². The molecule has 1 aromatic heterocycles. The third-order valence-corrected chi connectivity index (χ3v) is 3.48. The third-order valence-electron chi connectivity index (χ3n) is 3.48. The van der Waals surface area contributed by atoms with Crippen molar-refractivity contribution >= 4 is 17.2 Å². The molecule has 0 amide bonds. The fourth-order valence-corrected chi connectivity index (χ4v) is 2.22. The van der Waals surface area contributed by atoms with Gasteiger partial charge in [0.05, 0.1) is 25.8 Å². The SMILES string of the molecule is CCc1ccccc1Nc1cc(C)[n+](C)c(NC)c1. The monoisotopic (exact) mass is 256 g/mol. The summed E-state index contributed by atoms with van der Waals surface area (Å²) >= 11 is 0. The second kappa shape index (κ2) is 5.74. The Morgan fingerprint density at radius 1 is 1.16 bits per heavy atom. The fourth-order valence-electron chi connectivity index (χ4n) is 2.22. The second-order valence-corrected chi connectivity index (χ2v) is 4.72. The lowest BCUT2D eigenvalue weighted by molar-refractivity contribution is -0.663. The van der Waals surface area contributed by atoms with E-state index in [1.165, 1.54) is 16.9 Å². The predicted octanol–water partition coefficient (Wildman–Crippen LogP) is 3.17. The largest absolute Gasteiger partial charge is 0.355 e. The first kappa shape index (κ1) is 13.4. The van der Waals surface area contributed by atoms with Crippen LogP contribution in [0.5, 0.6) is 0 Å². The zero-order chi connectivity index (χ0) is 13.8. The van der Waals surface area contributed by atoms with Crippen LogP contribution in [0.4, 0.5) is 17.2 Å². The summed E-state index contributed by atoms with van der Waals surface area (Å²) in [5, 5.41) is 6.73. The van der Waals surface area contributed by atoms with E-state index in [4.69, 9.17) is 0 Å². The molecule has 1 heterocycles. The maximum atomic E-state index is 3.51. The second-order valence-electron chi connectivity index (χ2n) is 4.72. The van der Waals surface area contributed by atoms with Gasteiger partial charge in [-0.15, -0.1) is 0 Å². The molecule has 100 valence electrons. The summed E-state index contributed by atoms with van der Waals surface area (Å²) in [4.78, 5) is 0. The first-order valence-corrected chi connectivity index (χ1v) is 6.69. The van der Waals surface area contributed by atoms with E-state index in [2.05, 4.69) is 72.5 Å². The number of hydrogen-bond donors (Lipinski definition) is 2. The maximum absolute atomic E-state index is 3.51. The number of nitrogens with zero attached hydrogens (tertiary/aromatic N) is 1. The van der Waals surface area contributed by atoms with Crippen LogP contribution in [0.2, 0.25) is 0 Å². The Hall–Kier alpha value is -2.03. The van der Waals surface area contributed by atoms with Crippen molar-refractivity contribution in [2.75, 3.05) is 17.7 Å². The molecule has 2 N–H and O–H groups in total. The minimum atomic E-state index is 1.03. The van der Waals surface area contributed by atoms with Gasteiger partial charge in [-0.2, -0.15) is 0 Å². The molecular weight excluding hydrogens is 234 g/mol. The average Bonchev–Trinajstić information content (AvgIpc) is 2.43. The number of benzene rings is 1. The quantitative estimate of drug-likeness (QED) is 0.822. The van der Waals surface area contributed by atoms with Crippen LogP contribution in [0.3, 0.4) is 0 Å². The highest BCUT2D eigenvalue weighted by molar-refractivity contribution is 5.64. The standard InChI is InChI=1S/C16H21N3/c1-5-13-8-6-7-9-15(13)18-14-10-12(2)19(4)16(11-14)17-3/h6-11H,5H2,1-4H3,(H,17,18)/p+1. The number of anilines is 3. The number of aryl methyl sites for hydroxylation is 2. The van der Waals surface area contributed by atoms with Gasteiger partial charge in [-0.05, 0) is 25.0 Å². The number of pyridine rings is 1. The molecule has 3 nitrogen and oxygen atoms in total. The summed E-state index contributed by atoms with van der Waals surface area (Å²) in [5.41, 5.74) is 4.84. The van der Waals surface area contributed by atoms with Crippen LogP contribution in [0.15, 0.2) is 36.4 Å². The van der Waals surface area contributed by atoms with Gasteiger partial charge in [0, 0.05) is 11.8 Å². The molecule has 0 saturated heterocycles. The van der Waals surface area contributed by atoms with E-state index in [1.54, 1.807) is 0 Å². The molecule has 0 aliphatic carbocycles. The molecule has 0 unspecified atom stereocenters. The molecule has 0 aliphatic heterocycles. The van der Waals surface area contributed by atoms with Crippen LogP contribution in [-0.2, 0) is 13.5 Å². The molecule has 0 saturated carbocycles. The first-order chi connectivity index (χ1) is 9.15. The Labute approximate surface area is 115 Å². The van der Waals surface area contributed by atoms with Gasteiger partial charge in [-0.3, -0.25) is 5.32 Å². The van der Waals surface area contributed by atoms with Gasteiger partial charge in [0.15, 0.2) is 0 Å². The van der Waals surface area contributed by atoms with Crippen LogP contribution < -0.4 is 15.2 Å². The molecule has 0 aliphatic rings. The molecule has 2 rings (SSSR count). The smallest absolute Gasteiger partial charge is 0.276 e. The van der Waals surface area contributed by atoms with E-state index in [0.29, 0.717) is 0 Å². The summed E-state index contributed by atoms with van der Waals surface area (Å²) in [6.07, 6.45) is 1.03. The topological polar surface area (TPSA) is 27.9 Å². The van der Waals surface area contributed by atoms with Gasteiger partial charge in [-0.1, -0.05) is 25.1 Å². The van der Waals surface area contributed by atoms with Crippen molar-refractivity contribution < 1.29 is 4.57 Å². The van der Waals surface area contributed by atoms with Crippen LogP contribution in [0.25, 0.3) is 0 Å². The number of para-hydroxylation sites is 1. The van der Waals surface area contributed by atoms with Crippen molar-refractivity contribution in [1.29, 1.82) is 0 Å². The Morgan fingerprint density at radius 3 is 2.58 bits per heavy atom. The highest BCUT2D eigenvalue weighted by Gasteiger charge is 2.09. The molecule has 2 aromatic rings. The van der Waals surface area contributed by atoms with Crippen LogP contribution in [-0.4, -0.2) is 7.05 Å². The Balaban J connectivity index is 2.36. The number of hydrogen-bond acceptors (Lipinski definition) is 2. The lowest BCUT2D eigenvalue weighted by Crippen LogP contribution is -2.35. The van der Waals surface area contributed by atoms with Gasteiger partial charge in [0.1, 0.15) is 5.69 Å². The highest BCUT2D eigenvalue weighted by atomic mass is 15.1. The molecule has 1 aromatic carbocycles. The van der Waals surface area contributed by atoms with Gasteiger partial charge >= 0.3 is 0 Å². The van der Waals surface area contributed by atoms with Crippen molar-refractivity contribution in [2.24, 2.45) is 7.05 Å². The molecule has 19 heavy (non-hydrogen) atoms. The van der Waals surface area contributed by atoms with Crippen LogP contribution >= 0.6 is 0 Å². The van der Waals surface area contributed by atoms with Gasteiger partial charge < -0.3 is 5.32 Å². The van der Waals surface area contributed by atoms with E-state index in [-0.39, 0.29) is 0 Å². The van der Waals surface area contributed by atoms with Gasteiger partial charge in [-0.25, -0.2) is 4.57 Å².